The molecule has 1 aliphatic heterocycles. The van der Waals surface area contributed by atoms with Crippen LogP contribution in [0.15, 0.2) is 17.3 Å². The number of allylic oxidation sites excluding steroid dienone is 1. The zero-order chi connectivity index (χ0) is 12.9. The summed E-state index contributed by atoms with van der Waals surface area (Å²) in [5.41, 5.74) is 1.05. The van der Waals surface area contributed by atoms with Crippen molar-refractivity contribution in [3.8, 4) is 0 Å². The Kier molecular flexibility index (Phi) is 5.38. The molecule has 1 aliphatic rings. The lowest BCUT2D eigenvalue weighted by Crippen LogP contribution is -2.45. The molecule has 17 heavy (non-hydrogen) atoms. The van der Waals surface area contributed by atoms with Crippen molar-refractivity contribution in [3.63, 3.8) is 0 Å². The molecule has 0 bridgehead atoms. The van der Waals surface area contributed by atoms with Gasteiger partial charge in [-0.25, -0.2) is 0 Å². The fraction of sp³-hybridized carbons (Fsp3) is 0.800. The van der Waals surface area contributed by atoms with E-state index in [1.165, 1.54) is 18.6 Å². The van der Waals surface area contributed by atoms with Crippen LogP contribution in [0.5, 0.6) is 0 Å². The highest BCUT2D eigenvalue weighted by Gasteiger charge is 2.38. The van der Waals surface area contributed by atoms with Crippen LogP contribution < -0.4 is 0 Å². The third kappa shape index (κ3) is 3.41. The van der Waals surface area contributed by atoms with Crippen molar-refractivity contribution >= 4 is 5.71 Å². The molecule has 0 N–H and O–H groups in total. The van der Waals surface area contributed by atoms with Crippen molar-refractivity contribution in [2.24, 2.45) is 16.8 Å². The van der Waals surface area contributed by atoms with Crippen LogP contribution >= 0.6 is 0 Å². The number of ether oxygens (including phenoxy) is 1. The van der Waals surface area contributed by atoms with E-state index in [2.05, 4.69) is 38.8 Å². The molecule has 0 radical (unpaired) electrons. The molecule has 0 aromatic rings. The van der Waals surface area contributed by atoms with Gasteiger partial charge >= 0.3 is 0 Å². The summed E-state index contributed by atoms with van der Waals surface area (Å²) in [4.78, 5) is 4.51. The van der Waals surface area contributed by atoms with Gasteiger partial charge in [-0.1, -0.05) is 40.2 Å². The van der Waals surface area contributed by atoms with Crippen molar-refractivity contribution in [1.29, 1.82) is 0 Å². The quantitative estimate of drug-likeness (QED) is 0.650. The van der Waals surface area contributed by atoms with Crippen LogP contribution in [0.25, 0.3) is 0 Å². The minimum atomic E-state index is -0.154. The molecule has 0 spiro atoms. The Morgan fingerprint density at radius 2 is 2.06 bits per heavy atom. The smallest absolute Gasteiger partial charge is 0.108 e. The van der Waals surface area contributed by atoms with E-state index in [0.29, 0.717) is 5.92 Å². The minimum absolute atomic E-state index is 0.154. The van der Waals surface area contributed by atoms with Gasteiger partial charge in [-0.2, -0.15) is 0 Å². The predicted octanol–water partition coefficient (Wildman–Crippen LogP) is 4.21. The highest BCUT2D eigenvalue weighted by atomic mass is 16.5. The Morgan fingerprint density at radius 3 is 2.47 bits per heavy atom. The maximum atomic E-state index is 5.89. The van der Waals surface area contributed by atoms with E-state index in [1.807, 2.05) is 13.3 Å². The van der Waals surface area contributed by atoms with Crippen LogP contribution in [0.3, 0.4) is 0 Å². The zero-order valence-electron chi connectivity index (χ0n) is 12.0. The first-order valence-corrected chi connectivity index (χ1v) is 6.80. The van der Waals surface area contributed by atoms with E-state index in [9.17, 15) is 0 Å². The van der Waals surface area contributed by atoms with Gasteiger partial charge in [0.25, 0.3) is 0 Å². The summed E-state index contributed by atoms with van der Waals surface area (Å²) >= 11 is 0. The van der Waals surface area contributed by atoms with Crippen molar-refractivity contribution < 1.29 is 4.74 Å². The van der Waals surface area contributed by atoms with Gasteiger partial charge in [-0.05, 0) is 24.7 Å². The van der Waals surface area contributed by atoms with Crippen LogP contribution in [-0.2, 0) is 4.74 Å². The lowest BCUT2D eigenvalue weighted by Gasteiger charge is -2.37. The van der Waals surface area contributed by atoms with Gasteiger partial charge in [0.2, 0.25) is 0 Å². The van der Waals surface area contributed by atoms with E-state index < -0.39 is 0 Å². The van der Waals surface area contributed by atoms with Crippen molar-refractivity contribution in [2.75, 3.05) is 7.11 Å². The molecule has 1 rings (SSSR count). The van der Waals surface area contributed by atoms with Crippen molar-refractivity contribution in [3.05, 3.63) is 12.3 Å². The predicted molar refractivity (Wildman–Crippen MR) is 74.5 cm³/mol. The van der Waals surface area contributed by atoms with Gasteiger partial charge < -0.3 is 4.74 Å². The number of aliphatic imine (C=N–C) groups is 1. The molecule has 0 aliphatic carbocycles. The van der Waals surface area contributed by atoms with E-state index in [1.54, 1.807) is 0 Å². The highest BCUT2D eigenvalue weighted by molar-refractivity contribution is 5.95. The van der Waals surface area contributed by atoms with Crippen LogP contribution in [0.1, 0.15) is 53.4 Å². The maximum Gasteiger partial charge on any atom is 0.108 e. The van der Waals surface area contributed by atoms with Gasteiger partial charge in [-0.3, -0.25) is 4.99 Å². The number of nitrogens with zero attached hydrogens (tertiary/aromatic N) is 1. The van der Waals surface area contributed by atoms with Gasteiger partial charge in [0.1, 0.15) is 5.60 Å². The van der Waals surface area contributed by atoms with Crippen molar-refractivity contribution in [1.82, 2.24) is 0 Å². The maximum absolute atomic E-state index is 5.89. The molecular weight excluding hydrogens is 210 g/mol. The summed E-state index contributed by atoms with van der Waals surface area (Å²) in [6.07, 6.45) is 8.54. The SMILES string of the molecule is COC(CCCC(C)C)(C1=NC=CC1)C(C)C. The van der Waals surface area contributed by atoms with Crippen LogP contribution in [-0.4, -0.2) is 18.4 Å². The molecule has 0 saturated carbocycles. The topological polar surface area (TPSA) is 21.6 Å². The third-order valence-electron chi connectivity index (χ3n) is 3.76. The molecule has 0 aromatic heterocycles. The number of hydrogen-bond donors (Lipinski definition) is 0. The van der Waals surface area contributed by atoms with E-state index in [-0.39, 0.29) is 5.60 Å². The zero-order valence-corrected chi connectivity index (χ0v) is 12.0. The lowest BCUT2D eigenvalue weighted by molar-refractivity contribution is 0.00148. The Bertz CT molecular complexity index is 291. The van der Waals surface area contributed by atoms with Crippen LogP contribution in [0.4, 0.5) is 0 Å². The summed E-state index contributed by atoms with van der Waals surface area (Å²) in [5, 5.41) is 0. The first-order chi connectivity index (χ1) is 8.03. The Balaban J connectivity index is 2.71. The molecule has 1 heterocycles. The molecule has 2 heteroatoms. The second-order valence-corrected chi connectivity index (χ2v) is 5.70. The fourth-order valence-electron chi connectivity index (χ4n) is 2.64. The number of rotatable bonds is 7. The van der Waals surface area contributed by atoms with Gasteiger partial charge in [0, 0.05) is 19.7 Å². The van der Waals surface area contributed by atoms with E-state index >= 15 is 0 Å². The molecule has 0 saturated heterocycles. The minimum Gasteiger partial charge on any atom is -0.372 e. The molecule has 0 fully saturated rings. The van der Waals surface area contributed by atoms with Gasteiger partial charge in [0.15, 0.2) is 0 Å². The fourth-order valence-corrected chi connectivity index (χ4v) is 2.64. The Hall–Kier alpha value is -0.630. The second-order valence-electron chi connectivity index (χ2n) is 5.70. The monoisotopic (exact) mass is 237 g/mol. The lowest BCUT2D eigenvalue weighted by atomic mass is 9.79. The largest absolute Gasteiger partial charge is 0.372 e. The van der Waals surface area contributed by atoms with E-state index in [4.69, 9.17) is 4.74 Å². The molecule has 1 unspecified atom stereocenters. The molecule has 0 amide bonds. The molecule has 98 valence electrons. The van der Waals surface area contributed by atoms with Crippen molar-refractivity contribution in [2.45, 2.75) is 59.0 Å². The first kappa shape index (κ1) is 14.4. The van der Waals surface area contributed by atoms with Gasteiger partial charge in [0.05, 0.1) is 5.71 Å². The number of methoxy groups -OCH3 is 1. The Morgan fingerprint density at radius 1 is 1.35 bits per heavy atom. The summed E-state index contributed by atoms with van der Waals surface area (Å²) in [5.74, 6) is 1.23. The van der Waals surface area contributed by atoms with E-state index in [0.717, 1.165) is 18.8 Å². The summed E-state index contributed by atoms with van der Waals surface area (Å²) in [7, 11) is 1.83. The third-order valence-corrected chi connectivity index (χ3v) is 3.76. The second kappa shape index (κ2) is 6.34. The molecule has 0 aromatic carbocycles. The van der Waals surface area contributed by atoms with Crippen LogP contribution in [0, 0.1) is 11.8 Å². The Labute approximate surface area is 106 Å². The molecule has 1 atom stereocenters. The standard InChI is InChI=1S/C15H27NO/c1-12(2)8-6-10-15(17-5,13(3)4)14-9-7-11-16-14/h7,11-13H,6,8-10H2,1-5H3. The highest BCUT2D eigenvalue weighted by Crippen LogP contribution is 2.33. The average Bonchev–Trinajstić information content (AvgIpc) is 2.77. The summed E-state index contributed by atoms with van der Waals surface area (Å²) < 4.78 is 5.89. The first-order valence-electron chi connectivity index (χ1n) is 6.80. The van der Waals surface area contributed by atoms with Gasteiger partial charge in [-0.15, -0.1) is 0 Å². The summed E-state index contributed by atoms with van der Waals surface area (Å²) in [6, 6.07) is 0. The molecular formula is C15H27NO. The summed E-state index contributed by atoms with van der Waals surface area (Å²) in [6.45, 7) is 9.02. The normalized spacial score (nSPS) is 18.9. The average molecular weight is 237 g/mol. The molecule has 2 nitrogen and oxygen atoms in total. The van der Waals surface area contributed by atoms with Crippen LogP contribution in [0.2, 0.25) is 0 Å². The number of hydrogen-bond acceptors (Lipinski definition) is 2.